The number of terminal acetylenes is 1. The van der Waals surface area contributed by atoms with Crippen molar-refractivity contribution in [1.29, 1.82) is 0 Å². The number of methoxy groups -OCH3 is 1. The number of rotatable bonds is 5. The Balaban J connectivity index is 2.24. The van der Waals surface area contributed by atoms with Gasteiger partial charge in [0.05, 0.1) is 19.0 Å². The van der Waals surface area contributed by atoms with E-state index in [-0.39, 0.29) is 17.0 Å². The summed E-state index contributed by atoms with van der Waals surface area (Å²) in [7, 11) is 1.58. The smallest absolute Gasteiger partial charge is 0.346 e. The number of carbonyl (C=O) groups is 1. The Bertz CT molecular complexity index is 1110. The fourth-order valence-corrected chi connectivity index (χ4v) is 3.90. The van der Waals surface area contributed by atoms with Crippen molar-refractivity contribution in [3.05, 3.63) is 56.4 Å². The molecule has 1 aromatic carbocycles. The molecule has 3 aromatic rings. The summed E-state index contributed by atoms with van der Waals surface area (Å²) in [6.45, 7) is 1.68. The van der Waals surface area contributed by atoms with Gasteiger partial charge in [0.2, 0.25) is 0 Å². The van der Waals surface area contributed by atoms with Crippen LogP contribution in [0.4, 0.5) is 0 Å². The second-order valence-corrected chi connectivity index (χ2v) is 6.65. The van der Waals surface area contributed by atoms with Crippen LogP contribution in [0.3, 0.4) is 0 Å². The zero-order valence-electron chi connectivity index (χ0n) is 14.3. The van der Waals surface area contributed by atoms with Crippen molar-refractivity contribution in [1.82, 2.24) is 9.55 Å². The number of benzene rings is 1. The number of carboxylic acids is 1. The number of ether oxygens (including phenoxy) is 1. The van der Waals surface area contributed by atoms with Crippen LogP contribution >= 0.6 is 11.3 Å². The van der Waals surface area contributed by atoms with Gasteiger partial charge in [0.15, 0.2) is 0 Å². The quantitative estimate of drug-likeness (QED) is 0.700. The van der Waals surface area contributed by atoms with Crippen LogP contribution in [0.2, 0.25) is 0 Å². The van der Waals surface area contributed by atoms with Gasteiger partial charge in [0, 0.05) is 12.0 Å². The standard InChI is InChI=1S/C19H16N2O4S/c1-4-9-21-14(10-12-7-5-6-8-13(12)25-3)20-17-15(18(21)22)11(2)16(26-17)19(23)24/h1,5-8H,9-10H2,2-3H3,(H,23,24). The molecular weight excluding hydrogens is 352 g/mol. The normalized spacial score (nSPS) is 10.7. The molecule has 0 atom stereocenters. The third kappa shape index (κ3) is 2.95. The van der Waals surface area contributed by atoms with Crippen molar-refractivity contribution < 1.29 is 14.6 Å². The van der Waals surface area contributed by atoms with Gasteiger partial charge in [-0.05, 0) is 18.6 Å². The zero-order valence-corrected chi connectivity index (χ0v) is 15.1. The first kappa shape index (κ1) is 17.7. The number of fused-ring (bicyclic) bond motifs is 1. The van der Waals surface area contributed by atoms with Gasteiger partial charge < -0.3 is 9.84 Å². The van der Waals surface area contributed by atoms with Crippen molar-refractivity contribution in [2.75, 3.05) is 7.11 Å². The first-order chi connectivity index (χ1) is 12.5. The molecule has 0 spiro atoms. The lowest BCUT2D eigenvalue weighted by Gasteiger charge is -2.12. The maximum Gasteiger partial charge on any atom is 0.346 e. The number of carboxylic acid groups (broad SMARTS) is 1. The Morgan fingerprint density at radius 3 is 2.81 bits per heavy atom. The van der Waals surface area contributed by atoms with Gasteiger partial charge in [-0.25, -0.2) is 9.78 Å². The summed E-state index contributed by atoms with van der Waals surface area (Å²) in [6, 6.07) is 7.44. The van der Waals surface area contributed by atoms with Crippen LogP contribution in [0.15, 0.2) is 29.1 Å². The molecule has 0 aliphatic carbocycles. The van der Waals surface area contributed by atoms with Crippen molar-refractivity contribution in [2.24, 2.45) is 0 Å². The number of hydrogen-bond donors (Lipinski definition) is 1. The second kappa shape index (κ2) is 7.02. The van der Waals surface area contributed by atoms with E-state index in [9.17, 15) is 14.7 Å². The maximum atomic E-state index is 13.0. The molecule has 0 amide bonds. The molecule has 2 heterocycles. The molecule has 26 heavy (non-hydrogen) atoms. The van der Waals surface area contributed by atoms with Gasteiger partial charge in [-0.1, -0.05) is 24.1 Å². The van der Waals surface area contributed by atoms with E-state index in [0.717, 1.165) is 16.9 Å². The summed E-state index contributed by atoms with van der Waals surface area (Å²) in [5, 5.41) is 9.64. The van der Waals surface area contributed by atoms with Gasteiger partial charge >= 0.3 is 5.97 Å². The van der Waals surface area contributed by atoms with Crippen molar-refractivity contribution in [3.8, 4) is 18.1 Å². The van der Waals surface area contributed by atoms with Crippen molar-refractivity contribution >= 4 is 27.5 Å². The lowest BCUT2D eigenvalue weighted by molar-refractivity contribution is 0.0701. The lowest BCUT2D eigenvalue weighted by atomic mass is 10.1. The summed E-state index contributed by atoms with van der Waals surface area (Å²) in [6.07, 6.45) is 5.77. The first-order valence-electron chi connectivity index (χ1n) is 7.79. The molecule has 0 saturated heterocycles. The topological polar surface area (TPSA) is 81.4 Å². The van der Waals surface area contributed by atoms with Crippen LogP contribution in [-0.4, -0.2) is 27.7 Å². The molecule has 132 valence electrons. The van der Waals surface area contributed by atoms with Crippen LogP contribution in [0.25, 0.3) is 10.2 Å². The van der Waals surface area contributed by atoms with E-state index in [4.69, 9.17) is 11.2 Å². The molecule has 0 fully saturated rings. The highest BCUT2D eigenvalue weighted by atomic mass is 32.1. The minimum Gasteiger partial charge on any atom is -0.496 e. The van der Waals surface area contributed by atoms with Crippen molar-refractivity contribution in [2.45, 2.75) is 19.9 Å². The molecule has 0 radical (unpaired) electrons. The molecule has 0 aliphatic heterocycles. The zero-order chi connectivity index (χ0) is 18.8. The van der Waals surface area contributed by atoms with Crippen LogP contribution in [0.5, 0.6) is 5.75 Å². The van der Waals surface area contributed by atoms with E-state index in [1.165, 1.54) is 4.57 Å². The van der Waals surface area contributed by atoms with Gasteiger partial charge in [0.25, 0.3) is 5.56 Å². The maximum absolute atomic E-state index is 13.0. The average Bonchev–Trinajstić information content (AvgIpc) is 2.95. The predicted molar refractivity (Wildman–Crippen MR) is 100 cm³/mol. The second-order valence-electron chi connectivity index (χ2n) is 5.65. The Hall–Kier alpha value is -3.11. The fraction of sp³-hybridized carbons (Fsp3) is 0.211. The summed E-state index contributed by atoms with van der Waals surface area (Å²) in [4.78, 5) is 29.4. The molecule has 0 bridgehead atoms. The Kier molecular flexibility index (Phi) is 4.78. The monoisotopic (exact) mass is 368 g/mol. The molecule has 1 N–H and O–H groups in total. The summed E-state index contributed by atoms with van der Waals surface area (Å²) in [5.74, 6) is 2.56. The number of para-hydroxylation sites is 1. The number of nitrogens with zero attached hydrogens (tertiary/aromatic N) is 2. The van der Waals surface area contributed by atoms with Crippen LogP contribution in [0.1, 0.15) is 26.6 Å². The van der Waals surface area contributed by atoms with E-state index in [1.54, 1.807) is 14.0 Å². The molecule has 2 aromatic heterocycles. The van der Waals surface area contributed by atoms with Gasteiger partial charge in [-0.3, -0.25) is 9.36 Å². The SMILES string of the molecule is C#CCn1c(Cc2ccccc2OC)nc2sc(C(=O)O)c(C)c2c1=O. The predicted octanol–water partition coefficient (Wildman–Crippen LogP) is 2.70. The van der Waals surface area contributed by atoms with Gasteiger partial charge in [-0.15, -0.1) is 17.8 Å². The third-order valence-corrected chi connectivity index (χ3v) is 5.29. The lowest BCUT2D eigenvalue weighted by Crippen LogP contribution is -2.25. The average molecular weight is 368 g/mol. The molecule has 0 unspecified atom stereocenters. The van der Waals surface area contributed by atoms with Crippen LogP contribution in [-0.2, 0) is 13.0 Å². The molecule has 6 nitrogen and oxygen atoms in total. The molecule has 0 aliphatic rings. The molecular formula is C19H16N2O4S. The summed E-state index contributed by atoms with van der Waals surface area (Å²) in [5.41, 5.74) is 0.961. The van der Waals surface area contributed by atoms with E-state index < -0.39 is 5.97 Å². The Morgan fingerprint density at radius 2 is 2.15 bits per heavy atom. The summed E-state index contributed by atoms with van der Waals surface area (Å²) < 4.78 is 6.78. The fourth-order valence-electron chi connectivity index (χ4n) is 2.87. The van der Waals surface area contributed by atoms with Crippen molar-refractivity contribution in [3.63, 3.8) is 0 Å². The highest BCUT2D eigenvalue weighted by Crippen LogP contribution is 2.28. The number of aromatic nitrogens is 2. The van der Waals surface area contributed by atoms with Crippen LogP contribution in [0, 0.1) is 19.3 Å². The number of hydrogen-bond acceptors (Lipinski definition) is 5. The number of thiophene rings is 1. The molecule has 0 saturated carbocycles. The molecule has 7 heteroatoms. The first-order valence-corrected chi connectivity index (χ1v) is 8.61. The van der Waals surface area contributed by atoms with Crippen LogP contribution < -0.4 is 10.3 Å². The van der Waals surface area contributed by atoms with E-state index in [1.807, 2.05) is 24.3 Å². The Morgan fingerprint density at radius 1 is 1.42 bits per heavy atom. The number of aromatic carboxylic acids is 1. The van der Waals surface area contributed by atoms with Gasteiger partial charge in [0.1, 0.15) is 21.3 Å². The minimum absolute atomic E-state index is 0.0595. The van der Waals surface area contributed by atoms with E-state index in [0.29, 0.717) is 33.8 Å². The minimum atomic E-state index is -1.07. The highest BCUT2D eigenvalue weighted by Gasteiger charge is 2.21. The third-order valence-electron chi connectivity index (χ3n) is 4.11. The van der Waals surface area contributed by atoms with Gasteiger partial charge in [-0.2, -0.15) is 0 Å². The molecule has 3 rings (SSSR count). The number of aryl methyl sites for hydroxylation is 1. The van der Waals surface area contributed by atoms with E-state index in [2.05, 4.69) is 10.9 Å². The summed E-state index contributed by atoms with van der Waals surface area (Å²) >= 11 is 1.00. The highest BCUT2D eigenvalue weighted by molar-refractivity contribution is 7.20. The van der Waals surface area contributed by atoms with E-state index >= 15 is 0 Å². The largest absolute Gasteiger partial charge is 0.496 e. The Labute approximate surface area is 153 Å².